The molecule has 0 fully saturated rings. The van der Waals surface area contributed by atoms with Crippen molar-refractivity contribution in [1.82, 2.24) is 39.9 Å². The van der Waals surface area contributed by atoms with Crippen LogP contribution in [0.2, 0.25) is 0 Å². The summed E-state index contributed by atoms with van der Waals surface area (Å²) in [5.41, 5.74) is 25.5. The molecule has 0 aliphatic heterocycles. The number of aryl methyl sites for hydroxylation is 7. The molecular weight excluding hydrogens is 2330 g/mol. The maximum Gasteiger partial charge on any atom is 0.0313 e. The van der Waals surface area contributed by atoms with E-state index < -0.39 is 40.6 Å². The predicted octanol–water partition coefficient (Wildman–Crippen LogP) is 29.7. The zero-order valence-electron chi connectivity index (χ0n) is 89.3. The smallest absolute Gasteiger partial charge is 0.0313 e. The SMILES string of the molecule is CCc1cc(-c2[c-]cccc2)ncc1-c1ccccc1.Cc1ccc(-c2ccc(-c3[c-]cccc3)nc2)cc1.[2H]C([2H])([2H])C([2H])([2H])c1cc(-c2[c-]cccc2)ncc1-c1ccccc1.[2H]C([2H])([2H])c1ccc(-c2[c-]cccc2)nc1.[2H]C([2H])([2H])c1ccc(-c2[c-]cccc2)nc1.[2H]C([2H])([2H])c1ccc(-c2[c-]cccc2)nc1.[2H]C([2H])([2H])c1ccc(-c2[c-]cccc2)nc1.[Ir].[Ir].[Ir].[Ir].[c-]1ccccc1-c1ccc(-c2ccccc2)cn1. The van der Waals surface area contributed by atoms with Gasteiger partial charge in [-0.1, -0.05) is 220 Å². The average molecular weight is 2450 g/mol. The normalized spacial score (nSPS) is 12.4. The van der Waals surface area contributed by atoms with Gasteiger partial charge in [-0.2, -0.15) is 0 Å². The van der Waals surface area contributed by atoms with E-state index in [-0.39, 0.29) is 108 Å². The summed E-state index contributed by atoms with van der Waals surface area (Å²) < 4.78 is 126. The fourth-order valence-corrected chi connectivity index (χ4v) is 12.8. The summed E-state index contributed by atoms with van der Waals surface area (Å²) >= 11 is 0. The van der Waals surface area contributed by atoms with E-state index in [2.05, 4.69) is 181 Å². The van der Waals surface area contributed by atoms with E-state index in [0.717, 1.165) is 102 Å². The number of pyridine rings is 8. The number of hydrogen-bond acceptors (Lipinski definition) is 8. The van der Waals surface area contributed by atoms with E-state index in [1.807, 2.05) is 243 Å². The van der Waals surface area contributed by atoms with Crippen molar-refractivity contribution in [2.75, 3.05) is 0 Å². The Labute approximate surface area is 863 Å². The van der Waals surface area contributed by atoms with Gasteiger partial charge in [-0.3, -0.25) is 0 Å². The summed E-state index contributed by atoms with van der Waals surface area (Å²) in [4.78, 5) is 34.5. The first-order chi connectivity index (χ1) is 70.2. The minimum Gasteiger partial charge on any atom is -0.304 e. The van der Waals surface area contributed by atoms with Gasteiger partial charge in [0.05, 0.1) is 0 Å². The predicted molar refractivity (Wildman–Crippen MR) is 532 cm³/mol. The first kappa shape index (κ1) is 80.3. The van der Waals surface area contributed by atoms with Gasteiger partial charge in [0, 0.05) is 164 Å². The van der Waals surface area contributed by atoms with Crippen LogP contribution in [-0.2, 0) is 93.2 Å². The third kappa shape index (κ3) is 32.5. The van der Waals surface area contributed by atoms with Gasteiger partial charge in [0.1, 0.15) is 0 Å². The Morgan fingerprint density at radius 1 is 0.218 bits per heavy atom. The second kappa shape index (κ2) is 56.2. The molecule has 12 aromatic carbocycles. The summed E-state index contributed by atoms with van der Waals surface area (Å²) in [5.74, 6) is 0. The fraction of sp³-hybridized carbons (Fsp3) is 0.0744. The van der Waals surface area contributed by atoms with Crippen LogP contribution in [0.5, 0.6) is 0 Å². The van der Waals surface area contributed by atoms with Crippen LogP contribution in [0.3, 0.4) is 0 Å². The summed E-state index contributed by atoms with van der Waals surface area (Å²) in [6, 6.07) is 149. The summed E-state index contributed by atoms with van der Waals surface area (Å²) in [7, 11) is 0. The van der Waals surface area contributed by atoms with Gasteiger partial charge in [0.15, 0.2) is 0 Å². The Morgan fingerprint density at radius 3 is 0.684 bits per heavy atom. The molecule has 0 atom stereocenters. The van der Waals surface area contributed by atoms with Gasteiger partial charge in [-0.15, -0.1) is 287 Å². The van der Waals surface area contributed by atoms with Crippen molar-refractivity contribution < 1.29 is 104 Å². The van der Waals surface area contributed by atoms with Crippen LogP contribution in [0.1, 0.15) is 76.0 Å². The monoisotopic (exact) mass is 2450 g/mol. The molecule has 0 amide bonds. The molecule has 133 heavy (non-hydrogen) atoms. The molecule has 0 saturated heterocycles. The molecule has 0 aliphatic carbocycles. The topological polar surface area (TPSA) is 103 Å². The molecule has 4 radical (unpaired) electrons. The van der Waals surface area contributed by atoms with Gasteiger partial charge < -0.3 is 39.9 Å². The number of aromatic nitrogens is 8. The van der Waals surface area contributed by atoms with Gasteiger partial charge in [-0.25, -0.2) is 0 Å². The summed E-state index contributed by atoms with van der Waals surface area (Å²) in [6.45, 7) is -6.89. The molecule has 0 aliphatic rings. The number of benzene rings is 12. The molecule has 0 N–H and O–H groups in total. The molecule has 0 spiro atoms. The van der Waals surface area contributed by atoms with E-state index >= 15 is 0 Å². The minimum atomic E-state index is -2.80. The second-order valence-electron chi connectivity index (χ2n) is 28.6. The van der Waals surface area contributed by atoms with Crippen molar-refractivity contribution in [1.29, 1.82) is 0 Å². The quantitative estimate of drug-likeness (QED) is 0.0992. The molecule has 0 saturated carbocycles. The molecule has 8 nitrogen and oxygen atoms in total. The standard InChI is InChI=1S/2C19H16N.C18H14N.C17H12N.4C12H10N.4Ir/c2*1-2-15-13-19(17-11-7-4-8-12-17)20-14-18(15)16-9-5-3-6-10-16;1-14-7-9-15(10-8-14)17-11-12-18(19-13-17)16-5-3-2-4-6-16;1-3-7-14(8-4-1)16-11-12-17(18-13-16)15-9-5-2-6-10-15;4*1-10-7-8-12(13-9-10)11-5-3-2-4-6-11;;;;/h2*3-11,13-14H,2H2,1H3;2-5,7-13H,1H3;1-9,11-13H;4*2-5,7-9H,1H3;;;;/q8*-1;;;;/i1D3,2D2;;;;4*1D3;;;;. The van der Waals surface area contributed by atoms with Crippen molar-refractivity contribution in [3.8, 4) is 135 Å². The van der Waals surface area contributed by atoms with E-state index in [0.29, 0.717) is 16.8 Å². The molecule has 8 aromatic heterocycles. The van der Waals surface area contributed by atoms with Crippen LogP contribution in [0.4, 0.5) is 0 Å². The zero-order chi connectivity index (χ0) is 104. The fourth-order valence-electron chi connectivity index (χ4n) is 12.8. The van der Waals surface area contributed by atoms with Gasteiger partial charge in [0.25, 0.3) is 0 Å². The Hall–Kier alpha value is -13.6. The molecule has 20 aromatic rings. The van der Waals surface area contributed by atoms with Crippen LogP contribution in [0, 0.1) is 82.9 Å². The molecule has 8 heterocycles. The molecule has 666 valence electrons. The van der Waals surface area contributed by atoms with E-state index in [1.54, 1.807) is 84.9 Å². The Bertz CT molecular complexity index is 6910. The summed E-state index contributed by atoms with van der Waals surface area (Å²) in [5, 5.41) is 0. The summed E-state index contributed by atoms with van der Waals surface area (Å²) in [6.07, 6.45) is 11.4. The van der Waals surface area contributed by atoms with Crippen molar-refractivity contribution in [3.05, 3.63) is 531 Å². The molecule has 20 rings (SSSR count). The molecular formula is C121H98Ir4N8-8. The second-order valence-corrected chi connectivity index (χ2v) is 28.6. The van der Waals surface area contributed by atoms with E-state index in [4.69, 9.17) is 23.3 Å². The molecule has 0 unspecified atom stereocenters. The van der Waals surface area contributed by atoms with Crippen LogP contribution in [0.15, 0.2) is 444 Å². The minimum absolute atomic E-state index is 0. The Morgan fingerprint density at radius 2 is 0.444 bits per heavy atom. The number of hydrogen-bond donors (Lipinski definition) is 0. The van der Waals surface area contributed by atoms with E-state index in [1.165, 1.54) is 70.4 Å². The average Bonchev–Trinajstić information content (AvgIpc) is 0.758. The Balaban J connectivity index is 0.000000190. The van der Waals surface area contributed by atoms with Crippen LogP contribution < -0.4 is 0 Å². The zero-order valence-corrected chi connectivity index (χ0v) is 81.8. The van der Waals surface area contributed by atoms with E-state index in [9.17, 15) is 0 Å². The van der Waals surface area contributed by atoms with Crippen molar-refractivity contribution in [2.45, 2.75) is 60.9 Å². The molecule has 12 heteroatoms. The number of rotatable bonds is 14. The van der Waals surface area contributed by atoms with Gasteiger partial charge in [-0.05, 0) is 159 Å². The largest absolute Gasteiger partial charge is 0.304 e. The number of nitrogens with zero attached hydrogens (tertiary/aromatic N) is 8. The van der Waals surface area contributed by atoms with Crippen LogP contribution >= 0.6 is 0 Å². The first-order valence-corrected chi connectivity index (χ1v) is 41.5. The van der Waals surface area contributed by atoms with Gasteiger partial charge >= 0.3 is 0 Å². The van der Waals surface area contributed by atoms with Crippen molar-refractivity contribution >= 4 is 0 Å². The van der Waals surface area contributed by atoms with Crippen LogP contribution in [0.25, 0.3) is 135 Å². The third-order valence-electron chi connectivity index (χ3n) is 19.5. The van der Waals surface area contributed by atoms with Gasteiger partial charge in [0.2, 0.25) is 0 Å². The maximum atomic E-state index is 8.23. The third-order valence-corrected chi connectivity index (χ3v) is 19.5. The molecule has 0 bridgehead atoms. The van der Waals surface area contributed by atoms with Crippen molar-refractivity contribution in [3.63, 3.8) is 0 Å². The maximum absolute atomic E-state index is 8.23. The Kier molecular flexibility index (Phi) is 34.0. The first-order valence-electron chi connectivity index (χ1n) is 50.0. The van der Waals surface area contributed by atoms with Crippen LogP contribution in [-0.4, -0.2) is 39.9 Å². The van der Waals surface area contributed by atoms with Crippen molar-refractivity contribution in [2.24, 2.45) is 0 Å².